The zero-order chi connectivity index (χ0) is 16.0. The maximum absolute atomic E-state index is 10.1. The second-order valence-electron chi connectivity index (χ2n) is 6.40. The molecule has 1 saturated heterocycles. The molecule has 21 heavy (non-hydrogen) atoms. The first-order valence-corrected chi connectivity index (χ1v) is 7.73. The molecule has 1 fully saturated rings. The van der Waals surface area contributed by atoms with Crippen LogP contribution < -0.4 is 0 Å². The summed E-state index contributed by atoms with van der Waals surface area (Å²) in [7, 11) is 0. The average Bonchev–Trinajstić information content (AvgIpc) is 2.46. The molecular formula is C15H30O6. The lowest BCUT2D eigenvalue weighted by Crippen LogP contribution is -2.58. The highest BCUT2D eigenvalue weighted by Gasteiger charge is 2.44. The minimum absolute atomic E-state index is 0.142. The van der Waals surface area contributed by atoms with Crippen molar-refractivity contribution in [1.82, 2.24) is 0 Å². The Morgan fingerprint density at radius 2 is 1.71 bits per heavy atom. The van der Waals surface area contributed by atoms with Crippen molar-refractivity contribution in [2.75, 3.05) is 19.8 Å². The number of hydrogen-bond acceptors (Lipinski definition) is 6. The zero-order valence-electron chi connectivity index (χ0n) is 13.2. The number of hydrogen-bond donors (Lipinski definition) is 4. The highest BCUT2D eigenvalue weighted by molar-refractivity contribution is 4.92. The van der Waals surface area contributed by atoms with Gasteiger partial charge in [-0.15, -0.1) is 0 Å². The Kier molecular flexibility index (Phi) is 7.53. The first kappa shape index (κ1) is 18.8. The lowest BCUT2D eigenvalue weighted by molar-refractivity contribution is -0.233. The smallest absolute Gasteiger partial charge is 0.110 e. The Morgan fingerprint density at radius 3 is 2.24 bits per heavy atom. The van der Waals surface area contributed by atoms with Gasteiger partial charge in [-0.05, 0) is 20.3 Å². The Labute approximate surface area is 126 Å². The van der Waals surface area contributed by atoms with Crippen molar-refractivity contribution in [2.24, 2.45) is 5.92 Å². The van der Waals surface area contributed by atoms with E-state index in [-0.39, 0.29) is 25.4 Å². The quantitative estimate of drug-likeness (QED) is 0.506. The van der Waals surface area contributed by atoms with Gasteiger partial charge in [-0.2, -0.15) is 0 Å². The molecule has 1 aliphatic heterocycles. The third kappa shape index (κ3) is 5.16. The van der Waals surface area contributed by atoms with Crippen LogP contribution in [0, 0.1) is 5.92 Å². The molecule has 0 aliphatic carbocycles. The summed E-state index contributed by atoms with van der Waals surface area (Å²) in [6, 6.07) is 0. The Hall–Kier alpha value is -0.240. The first-order valence-electron chi connectivity index (χ1n) is 7.73. The van der Waals surface area contributed by atoms with Gasteiger partial charge in [-0.3, -0.25) is 0 Å². The largest absolute Gasteiger partial charge is 0.396 e. The zero-order valence-corrected chi connectivity index (χ0v) is 13.2. The van der Waals surface area contributed by atoms with E-state index in [0.717, 1.165) is 19.3 Å². The molecule has 1 heterocycles. The molecule has 0 amide bonds. The van der Waals surface area contributed by atoms with E-state index in [0.29, 0.717) is 0 Å². The summed E-state index contributed by atoms with van der Waals surface area (Å²) in [5.41, 5.74) is -0.327. The minimum Gasteiger partial charge on any atom is -0.396 e. The van der Waals surface area contributed by atoms with Crippen LogP contribution in [-0.2, 0) is 9.47 Å². The summed E-state index contributed by atoms with van der Waals surface area (Å²) in [6.45, 7) is 5.55. The third-order valence-corrected chi connectivity index (χ3v) is 4.16. The van der Waals surface area contributed by atoms with Crippen molar-refractivity contribution in [1.29, 1.82) is 0 Å². The highest BCUT2D eigenvalue weighted by atomic mass is 16.6. The van der Waals surface area contributed by atoms with Gasteiger partial charge in [-0.1, -0.05) is 19.8 Å². The molecule has 4 N–H and O–H groups in total. The minimum atomic E-state index is -1.13. The van der Waals surface area contributed by atoms with Gasteiger partial charge in [0, 0.05) is 5.92 Å². The summed E-state index contributed by atoms with van der Waals surface area (Å²) >= 11 is 0. The lowest BCUT2D eigenvalue weighted by atomic mass is 9.87. The Bertz CT molecular complexity index is 294. The number of ether oxygens (including phenoxy) is 2. The molecule has 6 heteroatoms. The van der Waals surface area contributed by atoms with Gasteiger partial charge in [0.25, 0.3) is 0 Å². The second-order valence-corrected chi connectivity index (χ2v) is 6.40. The second kappa shape index (κ2) is 8.41. The van der Waals surface area contributed by atoms with Crippen LogP contribution in [0.4, 0.5) is 0 Å². The Morgan fingerprint density at radius 1 is 1.05 bits per heavy atom. The molecular weight excluding hydrogens is 276 g/mol. The number of aliphatic hydroxyl groups is 4. The van der Waals surface area contributed by atoms with Crippen LogP contribution in [0.2, 0.25) is 0 Å². The van der Waals surface area contributed by atoms with E-state index in [9.17, 15) is 20.4 Å². The van der Waals surface area contributed by atoms with Gasteiger partial charge in [-0.25, -0.2) is 0 Å². The van der Waals surface area contributed by atoms with E-state index >= 15 is 0 Å². The highest BCUT2D eigenvalue weighted by Crippen LogP contribution is 2.27. The fourth-order valence-corrected chi connectivity index (χ4v) is 2.62. The topological polar surface area (TPSA) is 99.4 Å². The summed E-state index contributed by atoms with van der Waals surface area (Å²) in [5.74, 6) is -0.686. The summed E-state index contributed by atoms with van der Waals surface area (Å²) in [4.78, 5) is 0. The van der Waals surface area contributed by atoms with Crippen LogP contribution in [0.15, 0.2) is 0 Å². The molecule has 0 radical (unpaired) electrons. The molecule has 0 aromatic carbocycles. The van der Waals surface area contributed by atoms with Crippen LogP contribution in [-0.4, -0.2) is 70.3 Å². The molecule has 0 aromatic rings. The molecule has 126 valence electrons. The molecule has 0 saturated carbocycles. The fraction of sp³-hybridized carbons (Fsp3) is 1.00. The van der Waals surface area contributed by atoms with Gasteiger partial charge >= 0.3 is 0 Å². The number of rotatable bonds is 8. The summed E-state index contributed by atoms with van der Waals surface area (Å²) in [5, 5.41) is 38.6. The molecule has 0 bridgehead atoms. The summed E-state index contributed by atoms with van der Waals surface area (Å²) < 4.78 is 11.4. The van der Waals surface area contributed by atoms with Crippen LogP contribution in [0.25, 0.3) is 0 Å². The van der Waals surface area contributed by atoms with Gasteiger partial charge in [0.15, 0.2) is 0 Å². The van der Waals surface area contributed by atoms with Gasteiger partial charge in [0.2, 0.25) is 0 Å². The van der Waals surface area contributed by atoms with E-state index in [1.165, 1.54) is 0 Å². The van der Waals surface area contributed by atoms with E-state index in [4.69, 9.17) is 9.47 Å². The van der Waals surface area contributed by atoms with Crippen molar-refractivity contribution in [2.45, 2.75) is 70.1 Å². The van der Waals surface area contributed by atoms with Crippen molar-refractivity contribution in [3.63, 3.8) is 0 Å². The van der Waals surface area contributed by atoms with Crippen molar-refractivity contribution >= 4 is 0 Å². The van der Waals surface area contributed by atoms with E-state index in [2.05, 4.69) is 6.92 Å². The molecule has 5 atom stereocenters. The maximum Gasteiger partial charge on any atom is 0.110 e. The molecule has 6 nitrogen and oxygen atoms in total. The third-order valence-electron chi connectivity index (χ3n) is 4.16. The van der Waals surface area contributed by atoms with Gasteiger partial charge < -0.3 is 29.9 Å². The summed E-state index contributed by atoms with van der Waals surface area (Å²) in [6.07, 6.45) is -0.631. The van der Waals surface area contributed by atoms with Crippen LogP contribution in [0.1, 0.15) is 40.0 Å². The van der Waals surface area contributed by atoms with Crippen LogP contribution >= 0.6 is 0 Å². The van der Waals surface area contributed by atoms with E-state index in [1.807, 2.05) is 13.8 Å². The molecule has 1 rings (SSSR count). The normalized spacial score (nSPS) is 34.1. The molecule has 5 unspecified atom stereocenters. The van der Waals surface area contributed by atoms with Crippen molar-refractivity contribution < 1.29 is 29.9 Å². The number of unbranched alkanes of at least 4 members (excludes halogenated alkanes) is 1. The number of aliphatic hydroxyl groups excluding tert-OH is 4. The van der Waals surface area contributed by atoms with Crippen molar-refractivity contribution in [3.05, 3.63) is 0 Å². The average molecular weight is 306 g/mol. The monoisotopic (exact) mass is 306 g/mol. The van der Waals surface area contributed by atoms with E-state index < -0.39 is 30.3 Å². The van der Waals surface area contributed by atoms with Crippen LogP contribution in [0.3, 0.4) is 0 Å². The molecule has 0 spiro atoms. The Balaban J connectivity index is 2.58. The van der Waals surface area contributed by atoms with E-state index in [1.54, 1.807) is 0 Å². The molecule has 1 aliphatic rings. The first-order chi connectivity index (χ1) is 9.86. The van der Waals surface area contributed by atoms with Crippen molar-refractivity contribution in [3.8, 4) is 0 Å². The van der Waals surface area contributed by atoms with Crippen LogP contribution in [0.5, 0.6) is 0 Å². The SMILES string of the molecule is CCCCC(C)(C)OCC1OC(CO)C(CO)C(O)C1O. The maximum atomic E-state index is 10.1. The predicted molar refractivity (Wildman–Crippen MR) is 77.9 cm³/mol. The van der Waals surface area contributed by atoms with Gasteiger partial charge in [0.05, 0.1) is 37.6 Å². The fourth-order valence-electron chi connectivity index (χ4n) is 2.62. The lowest BCUT2D eigenvalue weighted by Gasteiger charge is -2.42. The molecule has 0 aromatic heterocycles. The standard InChI is InChI=1S/C15H30O6/c1-4-5-6-15(2,3)20-9-12-14(19)13(18)10(7-16)11(8-17)21-12/h10-14,16-19H,4-9H2,1-3H3. The van der Waals surface area contributed by atoms with Gasteiger partial charge in [0.1, 0.15) is 12.2 Å². The predicted octanol–water partition coefficient (Wildman–Crippen LogP) is 0.0618.